The van der Waals surface area contributed by atoms with Gasteiger partial charge in [-0.05, 0) is 19.8 Å². The topological polar surface area (TPSA) is 131 Å². The minimum atomic E-state index is -0.944. The number of amides is 2. The van der Waals surface area contributed by atoms with Crippen molar-refractivity contribution in [3.8, 4) is 0 Å². The quantitative estimate of drug-likeness (QED) is 0.232. The van der Waals surface area contributed by atoms with Gasteiger partial charge in [0.25, 0.3) is 0 Å². The smallest absolute Gasteiger partial charge is 0.234 e. The van der Waals surface area contributed by atoms with Crippen LogP contribution in [0.2, 0.25) is 0 Å². The molecule has 0 heterocycles. The number of nitrogens with zero attached hydrogens (tertiary/aromatic N) is 1. The van der Waals surface area contributed by atoms with Crippen molar-refractivity contribution >= 4 is 17.6 Å². The second-order valence-corrected chi connectivity index (χ2v) is 4.82. The molecule has 0 bridgehead atoms. The predicted octanol–water partition coefficient (Wildman–Crippen LogP) is -0.327. The van der Waals surface area contributed by atoms with Crippen molar-refractivity contribution in [3.63, 3.8) is 0 Å². The van der Waals surface area contributed by atoms with Gasteiger partial charge in [-0.3, -0.25) is 9.59 Å². The summed E-state index contributed by atoms with van der Waals surface area (Å²) in [6, 6.07) is -0.362. The van der Waals surface area contributed by atoms with E-state index in [1.807, 2.05) is 0 Å². The standard InChI is InChI=1S/C11H20N4O3/c1-7(6-8(12)16)14-10(17)11(9(13)15-18)4-2-3-5-11/h7,18H,2-6H2,1H3,(H2,12,16)(H2,13,15)(H,14,17). The number of primary amides is 1. The van der Waals surface area contributed by atoms with Gasteiger partial charge in [-0.15, -0.1) is 0 Å². The van der Waals surface area contributed by atoms with E-state index in [1.165, 1.54) is 0 Å². The number of nitrogens with two attached hydrogens (primary N) is 2. The lowest BCUT2D eigenvalue weighted by atomic mass is 9.83. The fourth-order valence-electron chi connectivity index (χ4n) is 2.39. The molecule has 0 aromatic carbocycles. The monoisotopic (exact) mass is 256 g/mol. The molecular weight excluding hydrogens is 236 g/mol. The molecule has 1 aliphatic carbocycles. The highest BCUT2D eigenvalue weighted by atomic mass is 16.4. The summed E-state index contributed by atoms with van der Waals surface area (Å²) in [5, 5.41) is 14.5. The fraction of sp³-hybridized carbons (Fsp3) is 0.727. The van der Waals surface area contributed by atoms with Crippen LogP contribution >= 0.6 is 0 Å². The first kappa shape index (κ1) is 14.3. The van der Waals surface area contributed by atoms with Crippen LogP contribution in [0.15, 0.2) is 5.16 Å². The zero-order chi connectivity index (χ0) is 13.8. The van der Waals surface area contributed by atoms with Gasteiger partial charge in [-0.2, -0.15) is 0 Å². The second kappa shape index (κ2) is 5.70. The van der Waals surface area contributed by atoms with E-state index in [-0.39, 0.29) is 24.2 Å². The molecule has 0 saturated heterocycles. The predicted molar refractivity (Wildman–Crippen MR) is 65.7 cm³/mol. The molecule has 1 aliphatic rings. The Morgan fingerprint density at radius 3 is 2.39 bits per heavy atom. The molecule has 1 unspecified atom stereocenters. The summed E-state index contributed by atoms with van der Waals surface area (Å²) in [4.78, 5) is 23.0. The number of oxime groups is 1. The highest BCUT2D eigenvalue weighted by molar-refractivity contribution is 6.07. The zero-order valence-corrected chi connectivity index (χ0v) is 10.5. The van der Waals surface area contributed by atoms with E-state index in [2.05, 4.69) is 10.5 Å². The van der Waals surface area contributed by atoms with Gasteiger partial charge in [0.05, 0.1) is 0 Å². The van der Waals surface area contributed by atoms with Crippen LogP contribution in [-0.2, 0) is 9.59 Å². The molecule has 1 fully saturated rings. The van der Waals surface area contributed by atoms with Crippen LogP contribution in [0.3, 0.4) is 0 Å². The largest absolute Gasteiger partial charge is 0.409 e. The summed E-state index contributed by atoms with van der Waals surface area (Å²) >= 11 is 0. The van der Waals surface area contributed by atoms with Gasteiger partial charge >= 0.3 is 0 Å². The Hall–Kier alpha value is -1.79. The van der Waals surface area contributed by atoms with Gasteiger partial charge in [0.15, 0.2) is 5.84 Å². The minimum absolute atomic E-state index is 0.0659. The Morgan fingerprint density at radius 2 is 1.94 bits per heavy atom. The van der Waals surface area contributed by atoms with Gasteiger partial charge in [-0.25, -0.2) is 0 Å². The molecule has 0 spiro atoms. The summed E-state index contributed by atoms with van der Waals surface area (Å²) in [6.07, 6.45) is 2.88. The van der Waals surface area contributed by atoms with Crippen LogP contribution in [0, 0.1) is 5.41 Å². The average Bonchev–Trinajstić information content (AvgIpc) is 2.76. The highest BCUT2D eigenvalue weighted by Crippen LogP contribution is 2.38. The van der Waals surface area contributed by atoms with Crippen molar-refractivity contribution in [3.05, 3.63) is 0 Å². The number of amidine groups is 1. The van der Waals surface area contributed by atoms with Gasteiger partial charge in [0, 0.05) is 12.5 Å². The first-order valence-corrected chi connectivity index (χ1v) is 5.99. The lowest BCUT2D eigenvalue weighted by Gasteiger charge is -2.27. The zero-order valence-electron chi connectivity index (χ0n) is 10.5. The Kier molecular flexibility index (Phi) is 4.52. The van der Waals surface area contributed by atoms with Crippen molar-refractivity contribution in [2.24, 2.45) is 22.0 Å². The summed E-state index contributed by atoms with van der Waals surface area (Å²) in [6.45, 7) is 1.69. The molecule has 1 atom stereocenters. The molecule has 1 rings (SSSR count). The number of rotatable bonds is 5. The van der Waals surface area contributed by atoms with E-state index in [0.29, 0.717) is 12.8 Å². The third kappa shape index (κ3) is 2.91. The Bertz CT molecular complexity index is 361. The summed E-state index contributed by atoms with van der Waals surface area (Å²) < 4.78 is 0. The second-order valence-electron chi connectivity index (χ2n) is 4.82. The van der Waals surface area contributed by atoms with Crippen molar-refractivity contribution < 1.29 is 14.8 Å². The Balaban J connectivity index is 2.76. The van der Waals surface area contributed by atoms with Crippen molar-refractivity contribution in [1.82, 2.24) is 5.32 Å². The van der Waals surface area contributed by atoms with E-state index in [1.54, 1.807) is 6.92 Å². The molecule has 102 valence electrons. The molecule has 0 aliphatic heterocycles. The maximum absolute atomic E-state index is 12.2. The summed E-state index contributed by atoms with van der Waals surface area (Å²) in [5.74, 6) is -0.847. The lowest BCUT2D eigenvalue weighted by molar-refractivity contribution is -0.128. The number of nitrogens with one attached hydrogen (secondary N) is 1. The highest BCUT2D eigenvalue weighted by Gasteiger charge is 2.45. The SMILES string of the molecule is CC(CC(N)=O)NC(=O)C1(C(N)=NO)CCCC1. The van der Waals surface area contributed by atoms with Crippen LogP contribution in [0.5, 0.6) is 0 Å². The first-order chi connectivity index (χ1) is 8.42. The van der Waals surface area contributed by atoms with Crippen molar-refractivity contribution in [2.75, 3.05) is 0 Å². The Morgan fingerprint density at radius 1 is 1.39 bits per heavy atom. The molecule has 0 aromatic rings. The maximum Gasteiger partial charge on any atom is 0.234 e. The van der Waals surface area contributed by atoms with E-state index in [4.69, 9.17) is 16.7 Å². The van der Waals surface area contributed by atoms with E-state index < -0.39 is 11.3 Å². The molecule has 7 heteroatoms. The van der Waals surface area contributed by atoms with Gasteiger partial charge < -0.3 is 22.0 Å². The van der Waals surface area contributed by atoms with Crippen LogP contribution in [-0.4, -0.2) is 28.9 Å². The normalized spacial score (nSPS) is 20.4. The van der Waals surface area contributed by atoms with Gasteiger partial charge in [0.1, 0.15) is 5.41 Å². The van der Waals surface area contributed by atoms with Crippen molar-refractivity contribution in [2.45, 2.75) is 45.1 Å². The number of carbonyl (C=O) groups excluding carboxylic acids is 2. The Labute approximate surface area is 106 Å². The molecule has 0 aromatic heterocycles. The minimum Gasteiger partial charge on any atom is -0.409 e. The lowest BCUT2D eigenvalue weighted by Crippen LogP contribution is -2.51. The average molecular weight is 256 g/mol. The number of hydrogen-bond donors (Lipinski definition) is 4. The molecule has 7 nitrogen and oxygen atoms in total. The third-order valence-electron chi connectivity index (χ3n) is 3.37. The molecule has 1 saturated carbocycles. The molecule has 0 radical (unpaired) electrons. The van der Waals surface area contributed by atoms with Crippen LogP contribution in [0.4, 0.5) is 0 Å². The van der Waals surface area contributed by atoms with E-state index in [0.717, 1.165) is 12.8 Å². The summed E-state index contributed by atoms with van der Waals surface area (Å²) in [7, 11) is 0. The molecular formula is C11H20N4O3. The number of carbonyl (C=O) groups is 2. The third-order valence-corrected chi connectivity index (χ3v) is 3.37. The van der Waals surface area contributed by atoms with Gasteiger partial charge in [-0.1, -0.05) is 18.0 Å². The van der Waals surface area contributed by atoms with Gasteiger partial charge in [0.2, 0.25) is 11.8 Å². The van der Waals surface area contributed by atoms with Crippen LogP contribution in [0.25, 0.3) is 0 Å². The van der Waals surface area contributed by atoms with Crippen LogP contribution < -0.4 is 16.8 Å². The van der Waals surface area contributed by atoms with Crippen LogP contribution in [0.1, 0.15) is 39.0 Å². The first-order valence-electron chi connectivity index (χ1n) is 5.99. The molecule has 18 heavy (non-hydrogen) atoms. The van der Waals surface area contributed by atoms with E-state index >= 15 is 0 Å². The fourth-order valence-corrected chi connectivity index (χ4v) is 2.39. The molecule has 2 amide bonds. The summed E-state index contributed by atoms with van der Waals surface area (Å²) in [5.41, 5.74) is 9.76. The van der Waals surface area contributed by atoms with Crippen molar-refractivity contribution in [1.29, 1.82) is 0 Å². The maximum atomic E-state index is 12.2. The molecule has 6 N–H and O–H groups in total. The number of hydrogen-bond acceptors (Lipinski definition) is 4. The van der Waals surface area contributed by atoms with E-state index in [9.17, 15) is 9.59 Å².